The van der Waals surface area contributed by atoms with Crippen LogP contribution in [0.1, 0.15) is 32.8 Å². The monoisotopic (exact) mass is 354 g/mol. The fourth-order valence-corrected chi connectivity index (χ4v) is 1.87. The predicted octanol–water partition coefficient (Wildman–Crippen LogP) is 3.25. The van der Waals surface area contributed by atoms with Crippen molar-refractivity contribution in [3.8, 4) is 0 Å². The van der Waals surface area contributed by atoms with Crippen molar-refractivity contribution in [2.24, 2.45) is 5.41 Å². The molecule has 0 saturated carbocycles. The smallest absolute Gasteiger partial charge is 0.234 e. The lowest BCUT2D eigenvalue weighted by Gasteiger charge is -2.24. The molecule has 0 heterocycles. The zero-order valence-corrected chi connectivity index (χ0v) is 14.6. The van der Waals surface area contributed by atoms with Gasteiger partial charge in [-0.3, -0.25) is 9.59 Å². The topological polar surface area (TPSA) is 58.2 Å². The number of halogens is 1. The van der Waals surface area contributed by atoms with Crippen LogP contribution < -0.4 is 10.6 Å². The predicted molar refractivity (Wildman–Crippen MR) is 89.6 cm³/mol. The largest absolute Gasteiger partial charge is 0.355 e. The maximum atomic E-state index is 11.9. The minimum absolute atomic E-state index is 0.0915. The molecular weight excluding hydrogens is 332 g/mol. The normalized spacial score (nSPS) is 12.6. The molecule has 4 nitrogen and oxygen atoms in total. The van der Waals surface area contributed by atoms with Crippen LogP contribution in [0.2, 0.25) is 0 Å². The van der Waals surface area contributed by atoms with Gasteiger partial charge in [-0.25, -0.2) is 0 Å². The summed E-state index contributed by atoms with van der Waals surface area (Å²) in [4.78, 5) is 23.5. The molecule has 5 heteroatoms. The number of carbonyl (C=O) groups is 2. The SMILES string of the molecule is Cc1ccccc1NC(=O)CCNC(=O)[C@@H](Br)C(C)(C)C. The zero-order valence-electron chi connectivity index (χ0n) is 13.0. The summed E-state index contributed by atoms with van der Waals surface area (Å²) in [6.07, 6.45) is 0.254. The summed E-state index contributed by atoms with van der Waals surface area (Å²) in [6.45, 7) is 8.22. The van der Waals surface area contributed by atoms with Crippen molar-refractivity contribution in [3.05, 3.63) is 29.8 Å². The second-order valence-corrected chi connectivity index (χ2v) is 7.05. The summed E-state index contributed by atoms with van der Waals surface area (Å²) in [5.74, 6) is -0.197. The quantitative estimate of drug-likeness (QED) is 0.797. The van der Waals surface area contributed by atoms with Gasteiger partial charge in [0.25, 0.3) is 0 Å². The average Bonchev–Trinajstić information content (AvgIpc) is 2.39. The third-order valence-corrected chi connectivity index (χ3v) is 4.85. The molecule has 0 bridgehead atoms. The number of para-hydroxylation sites is 1. The molecule has 2 amide bonds. The Morgan fingerprint density at radius 2 is 1.86 bits per heavy atom. The van der Waals surface area contributed by atoms with E-state index < -0.39 is 0 Å². The van der Waals surface area contributed by atoms with E-state index in [1.165, 1.54) is 0 Å². The Morgan fingerprint density at radius 3 is 2.43 bits per heavy atom. The Hall–Kier alpha value is -1.36. The van der Waals surface area contributed by atoms with E-state index in [4.69, 9.17) is 0 Å². The van der Waals surface area contributed by atoms with Crippen molar-refractivity contribution in [3.63, 3.8) is 0 Å². The van der Waals surface area contributed by atoms with E-state index in [1.54, 1.807) is 0 Å². The number of hydrogen-bond acceptors (Lipinski definition) is 2. The van der Waals surface area contributed by atoms with Crippen LogP contribution in [0, 0.1) is 12.3 Å². The number of carbonyl (C=O) groups excluding carboxylic acids is 2. The lowest BCUT2D eigenvalue weighted by atomic mass is 9.92. The molecule has 0 aliphatic rings. The molecule has 1 atom stereocenters. The molecule has 1 aromatic rings. The molecule has 0 fully saturated rings. The third-order valence-electron chi connectivity index (χ3n) is 3.06. The van der Waals surface area contributed by atoms with Gasteiger partial charge in [-0.05, 0) is 24.0 Å². The van der Waals surface area contributed by atoms with Gasteiger partial charge in [-0.2, -0.15) is 0 Å². The first-order valence-corrected chi connectivity index (χ1v) is 7.90. The van der Waals surface area contributed by atoms with E-state index in [2.05, 4.69) is 26.6 Å². The molecule has 2 N–H and O–H groups in total. The minimum atomic E-state index is -0.274. The van der Waals surface area contributed by atoms with Gasteiger partial charge in [0.05, 0.1) is 4.83 Å². The fraction of sp³-hybridized carbons (Fsp3) is 0.500. The molecule has 116 valence electrons. The first-order valence-electron chi connectivity index (χ1n) is 6.99. The Labute approximate surface area is 134 Å². The first kappa shape index (κ1) is 17.7. The van der Waals surface area contributed by atoms with Crippen LogP contribution in [-0.4, -0.2) is 23.2 Å². The maximum Gasteiger partial charge on any atom is 0.234 e. The molecule has 0 saturated heterocycles. The number of alkyl halides is 1. The van der Waals surface area contributed by atoms with E-state index in [1.807, 2.05) is 52.0 Å². The Balaban J connectivity index is 2.38. The van der Waals surface area contributed by atoms with Crippen LogP contribution >= 0.6 is 15.9 Å². The van der Waals surface area contributed by atoms with Gasteiger partial charge >= 0.3 is 0 Å². The lowest BCUT2D eigenvalue weighted by molar-refractivity contribution is -0.122. The second kappa shape index (κ2) is 7.59. The highest BCUT2D eigenvalue weighted by molar-refractivity contribution is 9.10. The van der Waals surface area contributed by atoms with Crippen molar-refractivity contribution in [2.45, 2.75) is 38.9 Å². The van der Waals surface area contributed by atoms with E-state index in [9.17, 15) is 9.59 Å². The molecule has 21 heavy (non-hydrogen) atoms. The zero-order chi connectivity index (χ0) is 16.0. The van der Waals surface area contributed by atoms with Crippen LogP contribution in [0.4, 0.5) is 5.69 Å². The third kappa shape index (κ3) is 5.87. The number of nitrogens with one attached hydrogen (secondary N) is 2. The van der Waals surface area contributed by atoms with Crippen molar-refractivity contribution in [1.82, 2.24) is 5.32 Å². The molecular formula is C16H23BrN2O2. The summed E-state index contributed by atoms with van der Waals surface area (Å²) in [5.41, 5.74) is 1.66. The summed E-state index contributed by atoms with van der Waals surface area (Å²) in [7, 11) is 0. The number of amides is 2. The van der Waals surface area contributed by atoms with Gasteiger partial charge in [0.2, 0.25) is 11.8 Å². The standard InChI is InChI=1S/C16H23BrN2O2/c1-11-7-5-6-8-12(11)19-13(20)9-10-18-15(21)14(17)16(2,3)4/h5-8,14H,9-10H2,1-4H3,(H,18,21)(H,19,20)/t14-/m1/s1. The first-order chi connectivity index (χ1) is 9.71. The average molecular weight is 355 g/mol. The van der Waals surface area contributed by atoms with E-state index in [0.29, 0.717) is 6.54 Å². The molecule has 0 aromatic heterocycles. The van der Waals surface area contributed by atoms with Crippen LogP contribution in [0.5, 0.6) is 0 Å². The summed E-state index contributed by atoms with van der Waals surface area (Å²) < 4.78 is 0. The van der Waals surface area contributed by atoms with Crippen molar-refractivity contribution >= 4 is 33.4 Å². The summed E-state index contributed by atoms with van der Waals surface area (Å²) in [5, 5.41) is 5.62. The highest BCUT2D eigenvalue weighted by Gasteiger charge is 2.28. The van der Waals surface area contributed by atoms with Crippen LogP contribution in [0.3, 0.4) is 0 Å². The van der Waals surface area contributed by atoms with Crippen molar-refractivity contribution in [1.29, 1.82) is 0 Å². The van der Waals surface area contributed by atoms with Gasteiger partial charge in [-0.1, -0.05) is 54.9 Å². The Morgan fingerprint density at radius 1 is 1.24 bits per heavy atom. The van der Waals surface area contributed by atoms with Gasteiger partial charge in [0.1, 0.15) is 0 Å². The summed E-state index contributed by atoms with van der Waals surface area (Å²) >= 11 is 3.38. The number of aryl methyl sites for hydroxylation is 1. The highest BCUT2D eigenvalue weighted by Crippen LogP contribution is 2.25. The van der Waals surface area contributed by atoms with Gasteiger partial charge in [0, 0.05) is 18.7 Å². The maximum absolute atomic E-state index is 11.9. The Kier molecular flexibility index (Phi) is 6.40. The Bertz CT molecular complexity index is 509. The number of benzene rings is 1. The van der Waals surface area contributed by atoms with Crippen LogP contribution in [-0.2, 0) is 9.59 Å². The van der Waals surface area contributed by atoms with Crippen molar-refractivity contribution < 1.29 is 9.59 Å². The van der Waals surface area contributed by atoms with Crippen LogP contribution in [0.25, 0.3) is 0 Å². The fourth-order valence-electron chi connectivity index (χ4n) is 1.71. The number of hydrogen-bond donors (Lipinski definition) is 2. The van der Waals surface area contributed by atoms with Crippen LogP contribution in [0.15, 0.2) is 24.3 Å². The molecule has 0 unspecified atom stereocenters. The second-order valence-electron chi connectivity index (χ2n) is 6.13. The van der Waals surface area contributed by atoms with Gasteiger partial charge in [-0.15, -0.1) is 0 Å². The van der Waals surface area contributed by atoms with E-state index in [-0.39, 0.29) is 28.5 Å². The minimum Gasteiger partial charge on any atom is -0.355 e. The van der Waals surface area contributed by atoms with Gasteiger partial charge < -0.3 is 10.6 Å². The molecule has 0 spiro atoms. The van der Waals surface area contributed by atoms with E-state index >= 15 is 0 Å². The van der Waals surface area contributed by atoms with Gasteiger partial charge in [0.15, 0.2) is 0 Å². The van der Waals surface area contributed by atoms with Crippen molar-refractivity contribution in [2.75, 3.05) is 11.9 Å². The molecule has 1 rings (SSSR count). The molecule has 0 aliphatic heterocycles. The van der Waals surface area contributed by atoms with E-state index in [0.717, 1.165) is 11.3 Å². The number of rotatable bonds is 5. The lowest BCUT2D eigenvalue weighted by Crippen LogP contribution is -2.39. The molecule has 0 radical (unpaired) electrons. The molecule has 1 aromatic carbocycles. The number of anilines is 1. The summed E-state index contributed by atoms with van der Waals surface area (Å²) in [6, 6.07) is 7.60. The molecule has 0 aliphatic carbocycles. The highest BCUT2D eigenvalue weighted by atomic mass is 79.9.